The Kier molecular flexibility index (Phi) is 6.80. The molecule has 110 valence electrons. The number of aryl methyl sites for hydroxylation is 1. The molecule has 0 aliphatic heterocycles. The van der Waals surface area contributed by atoms with Gasteiger partial charge in [0.1, 0.15) is 0 Å². The number of hydrogen-bond acceptors (Lipinski definition) is 4. The molecule has 0 bridgehead atoms. The van der Waals surface area contributed by atoms with Crippen molar-refractivity contribution in [2.75, 3.05) is 18.5 Å². The van der Waals surface area contributed by atoms with Crippen LogP contribution in [0.15, 0.2) is 0 Å². The SMILES string of the molecule is CCCNC(C)c1sc(N(C)C(C)CCC)nc1C. The maximum Gasteiger partial charge on any atom is 0.185 e. The van der Waals surface area contributed by atoms with Crippen molar-refractivity contribution in [2.24, 2.45) is 0 Å². The van der Waals surface area contributed by atoms with Gasteiger partial charge in [-0.15, -0.1) is 11.3 Å². The summed E-state index contributed by atoms with van der Waals surface area (Å²) in [5, 5.41) is 4.70. The number of anilines is 1. The van der Waals surface area contributed by atoms with Crippen molar-refractivity contribution < 1.29 is 0 Å². The van der Waals surface area contributed by atoms with Crippen LogP contribution in [0.1, 0.15) is 63.6 Å². The van der Waals surface area contributed by atoms with E-state index in [-0.39, 0.29) is 0 Å². The van der Waals surface area contributed by atoms with Crippen molar-refractivity contribution in [1.29, 1.82) is 0 Å². The minimum atomic E-state index is 0.404. The molecule has 3 nitrogen and oxygen atoms in total. The van der Waals surface area contributed by atoms with E-state index in [4.69, 9.17) is 4.98 Å². The Hall–Kier alpha value is -0.610. The fourth-order valence-electron chi connectivity index (χ4n) is 2.20. The quantitative estimate of drug-likeness (QED) is 0.777. The summed E-state index contributed by atoms with van der Waals surface area (Å²) < 4.78 is 0. The van der Waals surface area contributed by atoms with E-state index in [1.165, 1.54) is 29.8 Å². The maximum atomic E-state index is 4.75. The average Bonchev–Trinajstić information content (AvgIpc) is 2.77. The van der Waals surface area contributed by atoms with Crippen LogP contribution in [0.5, 0.6) is 0 Å². The first-order chi connectivity index (χ1) is 9.01. The lowest BCUT2D eigenvalue weighted by Crippen LogP contribution is -2.28. The maximum absolute atomic E-state index is 4.75. The van der Waals surface area contributed by atoms with Crippen LogP contribution in [0.4, 0.5) is 5.13 Å². The molecule has 0 fully saturated rings. The molecule has 0 amide bonds. The van der Waals surface area contributed by atoms with Crippen molar-refractivity contribution >= 4 is 16.5 Å². The molecule has 19 heavy (non-hydrogen) atoms. The Balaban J connectivity index is 2.77. The van der Waals surface area contributed by atoms with E-state index < -0.39 is 0 Å². The van der Waals surface area contributed by atoms with Gasteiger partial charge >= 0.3 is 0 Å². The zero-order chi connectivity index (χ0) is 14.4. The van der Waals surface area contributed by atoms with Gasteiger partial charge in [0.15, 0.2) is 5.13 Å². The zero-order valence-corrected chi connectivity index (χ0v) is 14.1. The van der Waals surface area contributed by atoms with Crippen molar-refractivity contribution in [2.45, 2.75) is 66.0 Å². The van der Waals surface area contributed by atoms with Crippen molar-refractivity contribution in [1.82, 2.24) is 10.3 Å². The van der Waals surface area contributed by atoms with Crippen LogP contribution < -0.4 is 10.2 Å². The first-order valence-corrected chi connectivity index (χ1v) is 8.26. The van der Waals surface area contributed by atoms with Gasteiger partial charge in [0.2, 0.25) is 0 Å². The molecule has 0 aromatic carbocycles. The van der Waals surface area contributed by atoms with Gasteiger partial charge in [0, 0.05) is 24.0 Å². The lowest BCUT2D eigenvalue weighted by Gasteiger charge is -2.23. The van der Waals surface area contributed by atoms with E-state index in [1.54, 1.807) is 0 Å². The van der Waals surface area contributed by atoms with Crippen LogP contribution in [0, 0.1) is 6.92 Å². The molecule has 0 radical (unpaired) electrons. The Morgan fingerprint density at radius 3 is 2.53 bits per heavy atom. The smallest absolute Gasteiger partial charge is 0.185 e. The van der Waals surface area contributed by atoms with E-state index in [0.29, 0.717) is 12.1 Å². The lowest BCUT2D eigenvalue weighted by molar-refractivity contribution is 0.575. The second-order valence-electron chi connectivity index (χ2n) is 5.37. The summed E-state index contributed by atoms with van der Waals surface area (Å²) in [6.45, 7) is 12.1. The van der Waals surface area contributed by atoms with Gasteiger partial charge in [0.25, 0.3) is 0 Å². The standard InChI is InChI=1S/C15H29N3S/c1-7-9-11(3)18(6)15-17-13(5)14(19-15)12(4)16-10-8-2/h11-12,16H,7-10H2,1-6H3. The molecular weight excluding hydrogens is 254 g/mol. The average molecular weight is 283 g/mol. The third kappa shape index (κ3) is 4.46. The summed E-state index contributed by atoms with van der Waals surface area (Å²) in [7, 11) is 2.16. The van der Waals surface area contributed by atoms with Crippen LogP contribution in [0.25, 0.3) is 0 Å². The molecule has 2 unspecified atom stereocenters. The molecule has 0 aliphatic rings. The minimum absolute atomic E-state index is 0.404. The van der Waals surface area contributed by atoms with Gasteiger partial charge < -0.3 is 10.2 Å². The molecular formula is C15H29N3S. The fraction of sp³-hybridized carbons (Fsp3) is 0.800. The summed E-state index contributed by atoms with van der Waals surface area (Å²) in [6.07, 6.45) is 3.60. The molecule has 4 heteroatoms. The molecule has 0 saturated heterocycles. The Bertz CT molecular complexity index is 375. The Morgan fingerprint density at radius 1 is 1.26 bits per heavy atom. The molecule has 1 N–H and O–H groups in total. The highest BCUT2D eigenvalue weighted by atomic mass is 32.1. The van der Waals surface area contributed by atoms with Crippen molar-refractivity contribution in [3.05, 3.63) is 10.6 Å². The first-order valence-electron chi connectivity index (χ1n) is 7.44. The van der Waals surface area contributed by atoms with Gasteiger partial charge in [-0.3, -0.25) is 0 Å². The molecule has 1 aromatic heterocycles. The highest BCUT2D eigenvalue weighted by Gasteiger charge is 2.18. The van der Waals surface area contributed by atoms with E-state index >= 15 is 0 Å². The zero-order valence-electron chi connectivity index (χ0n) is 13.3. The monoisotopic (exact) mass is 283 g/mol. The number of nitrogens with zero attached hydrogens (tertiary/aromatic N) is 2. The summed E-state index contributed by atoms with van der Waals surface area (Å²) in [5.74, 6) is 0. The number of hydrogen-bond donors (Lipinski definition) is 1. The Labute approximate surface area is 122 Å². The largest absolute Gasteiger partial charge is 0.348 e. The Morgan fingerprint density at radius 2 is 1.95 bits per heavy atom. The number of rotatable bonds is 8. The van der Waals surface area contributed by atoms with Crippen molar-refractivity contribution in [3.63, 3.8) is 0 Å². The molecule has 1 aromatic rings. The molecule has 0 aliphatic carbocycles. The second-order valence-corrected chi connectivity index (χ2v) is 6.38. The number of nitrogens with one attached hydrogen (secondary N) is 1. The van der Waals surface area contributed by atoms with Gasteiger partial charge in [-0.1, -0.05) is 20.3 Å². The van der Waals surface area contributed by atoms with E-state index in [9.17, 15) is 0 Å². The van der Waals surface area contributed by atoms with E-state index in [1.807, 2.05) is 11.3 Å². The summed E-state index contributed by atoms with van der Waals surface area (Å²) in [5.41, 5.74) is 1.17. The predicted molar refractivity (Wildman–Crippen MR) is 86.3 cm³/mol. The number of thiazole rings is 1. The van der Waals surface area contributed by atoms with E-state index in [2.05, 4.69) is 51.9 Å². The van der Waals surface area contributed by atoms with Crippen LogP contribution in [-0.4, -0.2) is 24.6 Å². The summed E-state index contributed by atoms with van der Waals surface area (Å²) >= 11 is 1.83. The molecule has 1 rings (SSSR count). The fourth-order valence-corrected chi connectivity index (χ4v) is 3.36. The third-order valence-electron chi connectivity index (χ3n) is 3.58. The van der Waals surface area contributed by atoms with Crippen LogP contribution in [0.2, 0.25) is 0 Å². The van der Waals surface area contributed by atoms with Gasteiger partial charge in [-0.05, 0) is 40.2 Å². The highest BCUT2D eigenvalue weighted by molar-refractivity contribution is 7.15. The van der Waals surface area contributed by atoms with Gasteiger partial charge in [-0.2, -0.15) is 0 Å². The lowest BCUT2D eigenvalue weighted by atomic mass is 10.2. The van der Waals surface area contributed by atoms with Crippen LogP contribution in [0.3, 0.4) is 0 Å². The minimum Gasteiger partial charge on any atom is -0.348 e. The van der Waals surface area contributed by atoms with Crippen molar-refractivity contribution in [3.8, 4) is 0 Å². The molecule has 0 saturated carbocycles. The molecule has 0 spiro atoms. The van der Waals surface area contributed by atoms with Gasteiger partial charge in [-0.25, -0.2) is 4.98 Å². The number of aromatic nitrogens is 1. The highest BCUT2D eigenvalue weighted by Crippen LogP contribution is 2.31. The summed E-state index contributed by atoms with van der Waals surface area (Å²) in [6, 6.07) is 0.961. The van der Waals surface area contributed by atoms with Crippen LogP contribution in [-0.2, 0) is 0 Å². The molecule has 1 heterocycles. The first kappa shape index (κ1) is 16.4. The van der Waals surface area contributed by atoms with Crippen LogP contribution >= 0.6 is 11.3 Å². The van der Waals surface area contributed by atoms with E-state index in [0.717, 1.165) is 11.7 Å². The topological polar surface area (TPSA) is 28.2 Å². The summed E-state index contributed by atoms with van der Waals surface area (Å²) in [4.78, 5) is 8.44. The molecule has 2 atom stereocenters. The normalized spacial score (nSPS) is 14.4. The third-order valence-corrected chi connectivity index (χ3v) is 5.02. The van der Waals surface area contributed by atoms with Gasteiger partial charge in [0.05, 0.1) is 5.69 Å². The second kappa shape index (κ2) is 7.85. The predicted octanol–water partition coefficient (Wildman–Crippen LogP) is 4.14.